The smallest absolute Gasteiger partial charge is 0.300 e. The molecule has 7 nitrogen and oxygen atoms in total. The molecule has 0 aliphatic heterocycles. The molecule has 1 heterocycles. The highest BCUT2D eigenvalue weighted by atomic mass is 16.5. The van der Waals surface area contributed by atoms with Gasteiger partial charge in [0, 0.05) is 6.07 Å². The van der Waals surface area contributed by atoms with E-state index in [-0.39, 0.29) is 17.4 Å². The Morgan fingerprint density at radius 2 is 1.87 bits per heavy atom. The molecular weight excluding hydrogens is 298 g/mol. The van der Waals surface area contributed by atoms with Crippen molar-refractivity contribution in [2.75, 3.05) is 32.7 Å². The molecule has 1 aromatic carbocycles. The maximum Gasteiger partial charge on any atom is 0.300 e. The zero-order chi connectivity index (χ0) is 16.5. The van der Waals surface area contributed by atoms with Crippen molar-refractivity contribution in [3.8, 4) is 6.01 Å². The number of ether oxygens (including phenoxy) is 3. The van der Waals surface area contributed by atoms with Crippen LogP contribution >= 0.6 is 0 Å². The number of methoxy groups -OCH3 is 1. The second-order valence-corrected chi connectivity index (χ2v) is 4.81. The summed E-state index contributed by atoms with van der Waals surface area (Å²) in [5.41, 5.74) is 6.37. The fourth-order valence-electron chi connectivity index (χ4n) is 2.00. The van der Waals surface area contributed by atoms with Crippen LogP contribution in [0.2, 0.25) is 0 Å². The van der Waals surface area contributed by atoms with E-state index in [1.807, 2.05) is 30.3 Å². The second-order valence-electron chi connectivity index (χ2n) is 4.81. The van der Waals surface area contributed by atoms with Crippen molar-refractivity contribution >= 4 is 5.82 Å². The van der Waals surface area contributed by atoms with Gasteiger partial charge < -0.3 is 19.9 Å². The second kappa shape index (κ2) is 8.92. The maximum atomic E-state index is 11.8. The zero-order valence-corrected chi connectivity index (χ0v) is 13.1. The highest BCUT2D eigenvalue weighted by Gasteiger charge is 2.07. The van der Waals surface area contributed by atoms with Crippen LogP contribution in [0.3, 0.4) is 0 Å². The number of nitrogens with zero attached hydrogens (tertiary/aromatic N) is 2. The Kier molecular flexibility index (Phi) is 6.58. The van der Waals surface area contributed by atoms with Gasteiger partial charge in [0.1, 0.15) is 5.82 Å². The van der Waals surface area contributed by atoms with Gasteiger partial charge in [-0.1, -0.05) is 30.3 Å². The number of anilines is 1. The van der Waals surface area contributed by atoms with Crippen LogP contribution in [0.1, 0.15) is 5.56 Å². The summed E-state index contributed by atoms with van der Waals surface area (Å²) in [6, 6.07) is 11.4. The fraction of sp³-hybridized carbons (Fsp3) is 0.375. The van der Waals surface area contributed by atoms with E-state index in [1.54, 1.807) is 0 Å². The number of nitrogen functional groups attached to an aromatic ring is 1. The fourth-order valence-corrected chi connectivity index (χ4v) is 2.00. The number of hydrogen-bond acceptors (Lipinski definition) is 6. The average molecular weight is 319 g/mol. The van der Waals surface area contributed by atoms with Gasteiger partial charge in [0.15, 0.2) is 0 Å². The van der Waals surface area contributed by atoms with Crippen LogP contribution in [-0.2, 0) is 22.6 Å². The van der Waals surface area contributed by atoms with E-state index in [1.165, 1.54) is 17.7 Å². The van der Waals surface area contributed by atoms with Gasteiger partial charge in [-0.3, -0.25) is 9.36 Å². The van der Waals surface area contributed by atoms with Crippen molar-refractivity contribution in [1.29, 1.82) is 0 Å². The highest BCUT2D eigenvalue weighted by molar-refractivity contribution is 5.27. The highest BCUT2D eigenvalue weighted by Crippen LogP contribution is 2.05. The normalized spacial score (nSPS) is 10.7. The first-order chi connectivity index (χ1) is 11.2. The van der Waals surface area contributed by atoms with Crippen molar-refractivity contribution in [2.45, 2.75) is 13.2 Å². The van der Waals surface area contributed by atoms with E-state index in [9.17, 15) is 4.79 Å². The maximum absolute atomic E-state index is 11.8. The molecule has 2 N–H and O–H groups in total. The van der Waals surface area contributed by atoms with Gasteiger partial charge in [-0.25, -0.2) is 0 Å². The van der Waals surface area contributed by atoms with E-state index >= 15 is 0 Å². The Morgan fingerprint density at radius 3 is 2.61 bits per heavy atom. The first-order valence-electron chi connectivity index (χ1n) is 7.31. The Morgan fingerprint density at radius 1 is 1.13 bits per heavy atom. The summed E-state index contributed by atoms with van der Waals surface area (Å²) in [5, 5.41) is 0. The van der Waals surface area contributed by atoms with E-state index < -0.39 is 0 Å². The summed E-state index contributed by atoms with van der Waals surface area (Å²) in [7, 11) is 1.44. The van der Waals surface area contributed by atoms with E-state index in [0.29, 0.717) is 33.0 Å². The largest absolute Gasteiger partial charge is 0.468 e. The van der Waals surface area contributed by atoms with Gasteiger partial charge in [0.25, 0.3) is 5.56 Å². The van der Waals surface area contributed by atoms with Gasteiger partial charge in [0.05, 0.1) is 40.1 Å². The molecule has 0 fully saturated rings. The molecule has 0 unspecified atom stereocenters. The lowest BCUT2D eigenvalue weighted by Crippen LogP contribution is -2.25. The van der Waals surface area contributed by atoms with Crippen LogP contribution in [0, 0.1) is 0 Å². The van der Waals surface area contributed by atoms with Gasteiger partial charge in [-0.05, 0) is 5.56 Å². The minimum absolute atomic E-state index is 0.137. The molecule has 0 saturated heterocycles. The lowest BCUT2D eigenvalue weighted by Gasteiger charge is -2.11. The van der Waals surface area contributed by atoms with Crippen LogP contribution in [0.15, 0.2) is 41.2 Å². The molecule has 2 rings (SSSR count). The summed E-state index contributed by atoms with van der Waals surface area (Å²) in [5.74, 6) is 0.137. The van der Waals surface area contributed by atoms with Crippen LogP contribution in [-0.4, -0.2) is 36.5 Å². The van der Waals surface area contributed by atoms with Crippen LogP contribution < -0.4 is 16.0 Å². The topological polar surface area (TPSA) is 88.6 Å². The SMILES string of the molecule is COc1nc(N)cc(=O)n1CCOCCOCc1ccccc1. The minimum Gasteiger partial charge on any atom is -0.468 e. The van der Waals surface area contributed by atoms with Crippen molar-refractivity contribution in [1.82, 2.24) is 9.55 Å². The molecule has 0 atom stereocenters. The molecule has 124 valence electrons. The predicted molar refractivity (Wildman–Crippen MR) is 86.4 cm³/mol. The number of aromatic nitrogens is 2. The average Bonchev–Trinajstić information content (AvgIpc) is 2.56. The number of hydrogen-bond donors (Lipinski definition) is 1. The van der Waals surface area contributed by atoms with Crippen LogP contribution in [0.4, 0.5) is 5.82 Å². The van der Waals surface area contributed by atoms with E-state index in [0.717, 1.165) is 5.56 Å². The lowest BCUT2D eigenvalue weighted by atomic mass is 10.2. The summed E-state index contributed by atoms with van der Waals surface area (Å²) >= 11 is 0. The molecule has 0 bridgehead atoms. The van der Waals surface area contributed by atoms with Crippen molar-refractivity contribution in [3.63, 3.8) is 0 Å². The standard InChI is InChI=1S/C16H21N3O4/c1-21-16-18-14(17)11-15(20)19(16)7-8-22-9-10-23-12-13-5-3-2-4-6-13/h2-6,11H,7-10,12,17H2,1H3. The minimum atomic E-state index is -0.265. The molecule has 1 aromatic heterocycles. The molecular formula is C16H21N3O4. The molecule has 0 aliphatic carbocycles. The number of rotatable bonds is 9. The first-order valence-corrected chi connectivity index (χ1v) is 7.31. The quantitative estimate of drug-likeness (QED) is 0.696. The van der Waals surface area contributed by atoms with E-state index in [4.69, 9.17) is 19.9 Å². The predicted octanol–water partition coefficient (Wildman–Crippen LogP) is 1.07. The molecule has 0 aliphatic rings. The summed E-state index contributed by atoms with van der Waals surface area (Å²) in [4.78, 5) is 15.8. The van der Waals surface area contributed by atoms with Crippen molar-refractivity contribution in [3.05, 3.63) is 52.3 Å². The summed E-state index contributed by atoms with van der Waals surface area (Å²) in [6.07, 6.45) is 0. The van der Waals surface area contributed by atoms with E-state index in [2.05, 4.69) is 4.98 Å². The molecule has 0 radical (unpaired) electrons. The Balaban J connectivity index is 1.67. The Bertz CT molecular complexity index is 658. The summed E-state index contributed by atoms with van der Waals surface area (Å²) < 4.78 is 17.4. The Hall–Kier alpha value is -2.38. The molecule has 0 spiro atoms. The van der Waals surface area contributed by atoms with Gasteiger partial charge in [-0.2, -0.15) is 4.98 Å². The van der Waals surface area contributed by atoms with Gasteiger partial charge in [-0.15, -0.1) is 0 Å². The molecule has 0 saturated carbocycles. The first kappa shape index (κ1) is 17.0. The molecule has 23 heavy (non-hydrogen) atoms. The third kappa shape index (κ3) is 5.39. The lowest BCUT2D eigenvalue weighted by molar-refractivity contribution is 0.0371. The van der Waals surface area contributed by atoms with Crippen molar-refractivity contribution in [2.24, 2.45) is 0 Å². The molecule has 2 aromatic rings. The number of benzene rings is 1. The Labute approximate surface area is 134 Å². The van der Waals surface area contributed by atoms with Crippen molar-refractivity contribution < 1.29 is 14.2 Å². The molecule has 7 heteroatoms. The van der Waals surface area contributed by atoms with Crippen LogP contribution in [0.5, 0.6) is 6.01 Å². The zero-order valence-electron chi connectivity index (χ0n) is 13.1. The van der Waals surface area contributed by atoms with Gasteiger partial charge in [0.2, 0.25) is 0 Å². The monoisotopic (exact) mass is 319 g/mol. The third-order valence-corrected chi connectivity index (χ3v) is 3.12. The number of nitrogens with two attached hydrogens (primary N) is 1. The summed E-state index contributed by atoms with van der Waals surface area (Å²) in [6.45, 7) is 2.19. The molecule has 0 amide bonds. The van der Waals surface area contributed by atoms with Gasteiger partial charge >= 0.3 is 6.01 Å². The third-order valence-electron chi connectivity index (χ3n) is 3.12. The van der Waals surface area contributed by atoms with Crippen LogP contribution in [0.25, 0.3) is 0 Å².